The highest BCUT2D eigenvalue weighted by molar-refractivity contribution is 6.00. The first-order valence-electron chi connectivity index (χ1n) is 7.02. The molecule has 0 spiro atoms. The van der Waals surface area contributed by atoms with Gasteiger partial charge in [0.05, 0.1) is 5.56 Å². The number of phenols is 1. The summed E-state index contributed by atoms with van der Waals surface area (Å²) in [5.74, 6) is 0.300. The van der Waals surface area contributed by atoms with Gasteiger partial charge in [0.25, 0.3) is 5.91 Å². The predicted molar refractivity (Wildman–Crippen MR) is 82.6 cm³/mol. The lowest BCUT2D eigenvalue weighted by molar-refractivity contribution is 0.0755. The normalized spacial score (nSPS) is 14.8. The SMILES string of the molecule is CN1CCN(Cc2ccc(O)cc2)C(=O)c2ccccc21. The van der Waals surface area contributed by atoms with Crippen molar-refractivity contribution < 1.29 is 9.90 Å². The van der Waals surface area contributed by atoms with E-state index < -0.39 is 0 Å². The number of rotatable bonds is 2. The van der Waals surface area contributed by atoms with Crippen LogP contribution in [0.15, 0.2) is 48.5 Å². The molecule has 0 unspecified atom stereocenters. The van der Waals surface area contributed by atoms with Crippen LogP contribution in [-0.4, -0.2) is 36.1 Å². The molecule has 0 saturated carbocycles. The molecular weight excluding hydrogens is 264 g/mol. The first-order valence-corrected chi connectivity index (χ1v) is 7.02. The third-order valence-corrected chi connectivity index (χ3v) is 3.85. The van der Waals surface area contributed by atoms with Crippen molar-refractivity contribution in [3.8, 4) is 5.75 Å². The van der Waals surface area contributed by atoms with Crippen LogP contribution in [-0.2, 0) is 6.54 Å². The maximum atomic E-state index is 12.7. The van der Waals surface area contributed by atoms with E-state index in [1.165, 1.54) is 0 Å². The lowest BCUT2D eigenvalue weighted by Crippen LogP contribution is -2.33. The summed E-state index contributed by atoms with van der Waals surface area (Å²) in [5, 5.41) is 9.34. The van der Waals surface area contributed by atoms with Crippen LogP contribution in [0.1, 0.15) is 15.9 Å². The topological polar surface area (TPSA) is 43.8 Å². The Balaban J connectivity index is 1.87. The van der Waals surface area contributed by atoms with E-state index in [1.807, 2.05) is 48.3 Å². The number of fused-ring (bicyclic) bond motifs is 1. The zero-order valence-corrected chi connectivity index (χ0v) is 12.0. The number of carbonyl (C=O) groups excluding carboxylic acids is 1. The van der Waals surface area contributed by atoms with Gasteiger partial charge in [0.2, 0.25) is 0 Å². The minimum absolute atomic E-state index is 0.0584. The van der Waals surface area contributed by atoms with Crippen LogP contribution in [0.25, 0.3) is 0 Å². The molecule has 1 amide bonds. The zero-order valence-electron chi connectivity index (χ0n) is 12.0. The Morgan fingerprint density at radius 2 is 1.76 bits per heavy atom. The molecule has 21 heavy (non-hydrogen) atoms. The molecule has 108 valence electrons. The molecule has 1 aliphatic heterocycles. The highest BCUT2D eigenvalue weighted by atomic mass is 16.3. The molecule has 4 nitrogen and oxygen atoms in total. The number of nitrogens with zero attached hydrogens (tertiary/aromatic N) is 2. The summed E-state index contributed by atoms with van der Waals surface area (Å²) >= 11 is 0. The Morgan fingerprint density at radius 1 is 1.05 bits per heavy atom. The van der Waals surface area contributed by atoms with Crippen molar-refractivity contribution in [3.63, 3.8) is 0 Å². The summed E-state index contributed by atoms with van der Waals surface area (Å²) in [6.45, 7) is 2.05. The van der Waals surface area contributed by atoms with E-state index in [1.54, 1.807) is 12.1 Å². The van der Waals surface area contributed by atoms with Gasteiger partial charge in [0.1, 0.15) is 5.75 Å². The molecule has 4 heteroatoms. The molecule has 1 aliphatic rings. The average molecular weight is 282 g/mol. The standard InChI is InChI=1S/C17H18N2O2/c1-18-10-11-19(12-13-6-8-14(20)9-7-13)17(21)15-4-2-3-5-16(15)18/h2-9,20H,10-12H2,1H3. The number of hydrogen-bond donors (Lipinski definition) is 1. The average Bonchev–Trinajstić information content (AvgIpc) is 2.62. The third-order valence-electron chi connectivity index (χ3n) is 3.85. The maximum absolute atomic E-state index is 12.7. The highest BCUT2D eigenvalue weighted by Gasteiger charge is 2.24. The molecule has 2 aromatic carbocycles. The maximum Gasteiger partial charge on any atom is 0.256 e. The van der Waals surface area contributed by atoms with Gasteiger partial charge in [-0.05, 0) is 29.8 Å². The van der Waals surface area contributed by atoms with Crippen molar-refractivity contribution >= 4 is 11.6 Å². The second-order valence-electron chi connectivity index (χ2n) is 5.33. The van der Waals surface area contributed by atoms with E-state index >= 15 is 0 Å². The Morgan fingerprint density at radius 3 is 2.52 bits per heavy atom. The number of likely N-dealkylation sites (N-methyl/N-ethyl adjacent to an activating group) is 1. The molecule has 2 aromatic rings. The Bertz CT molecular complexity index is 652. The number of para-hydroxylation sites is 1. The molecule has 0 bridgehead atoms. The quantitative estimate of drug-likeness (QED) is 0.920. The fourth-order valence-corrected chi connectivity index (χ4v) is 2.62. The molecule has 0 radical (unpaired) electrons. The van der Waals surface area contributed by atoms with Gasteiger partial charge in [-0.1, -0.05) is 24.3 Å². The minimum Gasteiger partial charge on any atom is -0.508 e. The monoisotopic (exact) mass is 282 g/mol. The number of carbonyl (C=O) groups is 1. The summed E-state index contributed by atoms with van der Waals surface area (Å²) < 4.78 is 0. The summed E-state index contributed by atoms with van der Waals surface area (Å²) in [6, 6.07) is 14.7. The van der Waals surface area contributed by atoms with E-state index in [2.05, 4.69) is 4.90 Å². The first-order chi connectivity index (χ1) is 10.1. The van der Waals surface area contributed by atoms with E-state index in [4.69, 9.17) is 0 Å². The fourth-order valence-electron chi connectivity index (χ4n) is 2.62. The number of benzene rings is 2. The summed E-state index contributed by atoms with van der Waals surface area (Å²) in [6.07, 6.45) is 0. The summed E-state index contributed by atoms with van der Waals surface area (Å²) in [5.41, 5.74) is 2.75. The zero-order chi connectivity index (χ0) is 14.8. The molecule has 3 rings (SSSR count). The van der Waals surface area contributed by atoms with Crippen LogP contribution in [0.5, 0.6) is 5.75 Å². The van der Waals surface area contributed by atoms with Gasteiger partial charge in [-0.2, -0.15) is 0 Å². The van der Waals surface area contributed by atoms with Crippen LogP contribution in [0.3, 0.4) is 0 Å². The van der Waals surface area contributed by atoms with E-state index in [0.29, 0.717) is 13.1 Å². The van der Waals surface area contributed by atoms with Gasteiger partial charge < -0.3 is 14.9 Å². The van der Waals surface area contributed by atoms with E-state index in [-0.39, 0.29) is 11.7 Å². The van der Waals surface area contributed by atoms with Crippen LogP contribution in [0, 0.1) is 0 Å². The number of aromatic hydroxyl groups is 1. The number of phenolic OH excluding ortho intramolecular Hbond substituents is 1. The Kier molecular flexibility index (Phi) is 3.52. The van der Waals surface area contributed by atoms with Crippen LogP contribution in [0.2, 0.25) is 0 Å². The van der Waals surface area contributed by atoms with Crippen LogP contribution < -0.4 is 4.90 Å². The third kappa shape index (κ3) is 2.70. The molecule has 0 fully saturated rings. The van der Waals surface area contributed by atoms with Crippen molar-refractivity contribution in [1.29, 1.82) is 0 Å². The fraction of sp³-hybridized carbons (Fsp3) is 0.235. The van der Waals surface area contributed by atoms with Gasteiger partial charge >= 0.3 is 0 Å². The summed E-state index contributed by atoms with van der Waals surface area (Å²) in [4.78, 5) is 16.7. The van der Waals surface area contributed by atoms with Crippen molar-refractivity contribution in [2.75, 3.05) is 25.0 Å². The highest BCUT2D eigenvalue weighted by Crippen LogP contribution is 2.24. The first kappa shape index (κ1) is 13.5. The number of anilines is 1. The van der Waals surface area contributed by atoms with Crippen molar-refractivity contribution in [1.82, 2.24) is 4.90 Å². The number of hydrogen-bond acceptors (Lipinski definition) is 3. The van der Waals surface area contributed by atoms with Gasteiger partial charge in [0, 0.05) is 32.4 Å². The smallest absolute Gasteiger partial charge is 0.256 e. The van der Waals surface area contributed by atoms with Crippen molar-refractivity contribution in [3.05, 3.63) is 59.7 Å². The largest absolute Gasteiger partial charge is 0.508 e. The Hall–Kier alpha value is -2.49. The molecular formula is C17H18N2O2. The van der Waals surface area contributed by atoms with Crippen molar-refractivity contribution in [2.24, 2.45) is 0 Å². The van der Waals surface area contributed by atoms with Gasteiger partial charge in [-0.25, -0.2) is 0 Å². The lowest BCUT2D eigenvalue weighted by atomic mass is 10.1. The second kappa shape index (κ2) is 5.48. The van der Waals surface area contributed by atoms with Crippen molar-refractivity contribution in [2.45, 2.75) is 6.54 Å². The molecule has 0 aliphatic carbocycles. The second-order valence-corrected chi connectivity index (χ2v) is 5.33. The summed E-state index contributed by atoms with van der Waals surface area (Å²) in [7, 11) is 2.01. The molecule has 1 N–H and O–H groups in total. The van der Waals surface area contributed by atoms with Crippen LogP contribution in [0.4, 0.5) is 5.69 Å². The molecule has 0 saturated heterocycles. The molecule has 1 heterocycles. The van der Waals surface area contributed by atoms with E-state index in [0.717, 1.165) is 23.4 Å². The van der Waals surface area contributed by atoms with Gasteiger partial charge in [0.15, 0.2) is 0 Å². The molecule has 0 aromatic heterocycles. The van der Waals surface area contributed by atoms with Gasteiger partial charge in [-0.3, -0.25) is 4.79 Å². The minimum atomic E-state index is 0.0584. The predicted octanol–water partition coefficient (Wildman–Crippen LogP) is 2.48. The van der Waals surface area contributed by atoms with Gasteiger partial charge in [-0.15, -0.1) is 0 Å². The number of amides is 1. The van der Waals surface area contributed by atoms with E-state index in [9.17, 15) is 9.90 Å². The molecule has 0 atom stereocenters. The lowest BCUT2D eigenvalue weighted by Gasteiger charge is -2.21. The Labute approximate surface area is 124 Å². The van der Waals surface area contributed by atoms with Crippen LogP contribution >= 0.6 is 0 Å².